The topological polar surface area (TPSA) is 301 Å². The maximum atomic E-state index is 12.9. The van der Waals surface area contributed by atoms with Gasteiger partial charge in [-0.25, -0.2) is 0 Å². The van der Waals surface area contributed by atoms with E-state index in [-0.39, 0.29) is 51.0 Å². The zero-order valence-corrected chi connectivity index (χ0v) is 18.6. The summed E-state index contributed by atoms with van der Waals surface area (Å²) in [6, 6.07) is -3.63. The van der Waals surface area contributed by atoms with Gasteiger partial charge in [0.05, 0.1) is 6.04 Å². The van der Waals surface area contributed by atoms with Crippen LogP contribution in [0, 0.1) is 0 Å². The molecule has 0 heterocycles. The minimum atomic E-state index is -1.32. The highest BCUT2D eigenvalue weighted by Crippen LogP contribution is 2.04. The SMILES string of the molecule is NC(=O)CCC(N)C(=O)NC(CCCN=C(N)N)C(=O)NC(CCC(N)=O)C(=O)NCC(=O)O. The van der Waals surface area contributed by atoms with Crippen molar-refractivity contribution < 1.29 is 33.9 Å². The molecule has 0 aliphatic heterocycles. The third kappa shape index (κ3) is 14.2. The van der Waals surface area contributed by atoms with Crippen LogP contribution >= 0.6 is 0 Å². The number of rotatable bonds is 17. The molecular weight excluding hydrogens is 454 g/mol. The fraction of sp³-hybridized carbons (Fsp3) is 0.611. The number of carboxylic acids is 1. The van der Waals surface area contributed by atoms with Crippen molar-refractivity contribution >= 4 is 41.5 Å². The van der Waals surface area contributed by atoms with E-state index in [1.807, 2.05) is 0 Å². The number of hydrogen-bond donors (Lipinski definition) is 9. The Bertz CT molecular complexity index is 784. The average molecular weight is 488 g/mol. The molecule has 5 amide bonds. The van der Waals surface area contributed by atoms with Crippen LogP contribution in [0.2, 0.25) is 0 Å². The first-order valence-electron chi connectivity index (χ1n) is 10.3. The second-order valence-corrected chi connectivity index (χ2v) is 7.30. The molecule has 0 saturated carbocycles. The lowest BCUT2D eigenvalue weighted by atomic mass is 10.1. The number of carbonyl (C=O) groups excluding carboxylic acids is 5. The average Bonchev–Trinajstić information content (AvgIpc) is 2.74. The molecule has 3 atom stereocenters. The molecule has 34 heavy (non-hydrogen) atoms. The fourth-order valence-electron chi connectivity index (χ4n) is 2.59. The molecule has 14 N–H and O–H groups in total. The van der Waals surface area contributed by atoms with E-state index >= 15 is 0 Å². The summed E-state index contributed by atoms with van der Waals surface area (Å²) in [5.41, 5.74) is 26.4. The highest BCUT2D eigenvalue weighted by atomic mass is 16.4. The lowest BCUT2D eigenvalue weighted by Gasteiger charge is -2.24. The molecule has 0 aromatic heterocycles. The van der Waals surface area contributed by atoms with Gasteiger partial charge in [-0.2, -0.15) is 0 Å². The zero-order chi connectivity index (χ0) is 26.3. The number of nitrogens with two attached hydrogens (primary N) is 5. The van der Waals surface area contributed by atoms with Crippen LogP contribution in [-0.2, 0) is 28.8 Å². The molecule has 192 valence electrons. The van der Waals surface area contributed by atoms with Crippen molar-refractivity contribution in [2.45, 2.75) is 56.7 Å². The molecule has 0 spiro atoms. The number of guanidine groups is 1. The second-order valence-electron chi connectivity index (χ2n) is 7.30. The van der Waals surface area contributed by atoms with Gasteiger partial charge in [0, 0.05) is 19.4 Å². The zero-order valence-electron chi connectivity index (χ0n) is 18.6. The number of carbonyl (C=O) groups is 6. The van der Waals surface area contributed by atoms with Crippen molar-refractivity contribution in [3.8, 4) is 0 Å². The van der Waals surface area contributed by atoms with E-state index in [1.54, 1.807) is 0 Å². The Balaban J connectivity index is 5.41. The Labute approximate surface area is 195 Å². The van der Waals surface area contributed by atoms with Gasteiger partial charge in [0.1, 0.15) is 18.6 Å². The normalized spacial score (nSPS) is 13.0. The quantitative estimate of drug-likeness (QED) is 0.0534. The van der Waals surface area contributed by atoms with Gasteiger partial charge in [-0.15, -0.1) is 0 Å². The van der Waals surface area contributed by atoms with E-state index in [4.69, 9.17) is 33.8 Å². The summed E-state index contributed by atoms with van der Waals surface area (Å²) < 4.78 is 0. The molecule has 16 nitrogen and oxygen atoms in total. The van der Waals surface area contributed by atoms with Crippen LogP contribution < -0.4 is 44.6 Å². The Kier molecular flexibility index (Phi) is 14.0. The molecule has 0 fully saturated rings. The molecule has 0 aliphatic carbocycles. The van der Waals surface area contributed by atoms with Gasteiger partial charge < -0.3 is 49.7 Å². The summed E-state index contributed by atoms with van der Waals surface area (Å²) in [6.07, 6.45) is -0.387. The fourth-order valence-corrected chi connectivity index (χ4v) is 2.59. The number of carboxylic acid groups (broad SMARTS) is 1. The summed E-state index contributed by atoms with van der Waals surface area (Å²) in [5, 5.41) is 15.6. The maximum absolute atomic E-state index is 12.9. The Morgan fingerprint density at radius 1 is 0.765 bits per heavy atom. The minimum Gasteiger partial charge on any atom is -0.480 e. The van der Waals surface area contributed by atoms with Gasteiger partial charge >= 0.3 is 5.97 Å². The second kappa shape index (κ2) is 15.8. The van der Waals surface area contributed by atoms with Crippen LogP contribution in [0.1, 0.15) is 38.5 Å². The van der Waals surface area contributed by atoms with E-state index in [2.05, 4.69) is 20.9 Å². The number of aliphatic imine (C=N–C) groups is 1. The van der Waals surface area contributed by atoms with Crippen molar-refractivity contribution in [2.75, 3.05) is 13.1 Å². The lowest BCUT2D eigenvalue weighted by Crippen LogP contribution is -2.56. The largest absolute Gasteiger partial charge is 0.480 e. The number of nitrogens with zero attached hydrogens (tertiary/aromatic N) is 1. The summed E-state index contributed by atoms with van der Waals surface area (Å²) in [7, 11) is 0. The molecule has 16 heteroatoms. The van der Waals surface area contributed by atoms with Crippen molar-refractivity contribution in [2.24, 2.45) is 33.7 Å². The number of primary amides is 2. The first kappa shape index (κ1) is 30.1. The number of aliphatic carboxylic acids is 1. The van der Waals surface area contributed by atoms with Crippen LogP contribution in [0.3, 0.4) is 0 Å². The summed E-state index contributed by atoms with van der Waals surface area (Å²) in [5.74, 6) is -5.29. The van der Waals surface area contributed by atoms with Crippen molar-refractivity contribution in [1.29, 1.82) is 0 Å². The molecule has 3 unspecified atom stereocenters. The monoisotopic (exact) mass is 487 g/mol. The number of hydrogen-bond acceptors (Lipinski definition) is 8. The standard InChI is InChI=1S/C18H33N9O7/c19-9(3-5-12(20)28)15(32)26-10(2-1-7-24-18(22)23)17(34)27-11(4-6-13(21)29)16(33)25-8-14(30)31/h9-11H,1-8,19H2,(H2,20,28)(H2,21,29)(H,25,33)(H,26,32)(H,27,34)(H,30,31)(H4,22,23,24). The van der Waals surface area contributed by atoms with Gasteiger partial charge in [0.25, 0.3) is 0 Å². The smallest absolute Gasteiger partial charge is 0.322 e. The molecule has 0 radical (unpaired) electrons. The maximum Gasteiger partial charge on any atom is 0.322 e. The lowest BCUT2D eigenvalue weighted by molar-refractivity contribution is -0.138. The number of nitrogens with one attached hydrogen (secondary N) is 3. The van der Waals surface area contributed by atoms with Crippen LogP contribution in [0.25, 0.3) is 0 Å². The van der Waals surface area contributed by atoms with Gasteiger partial charge in [-0.05, 0) is 25.7 Å². The molecule has 0 aromatic rings. The van der Waals surface area contributed by atoms with Crippen LogP contribution in [-0.4, -0.2) is 77.8 Å². The van der Waals surface area contributed by atoms with Crippen molar-refractivity contribution in [3.63, 3.8) is 0 Å². The van der Waals surface area contributed by atoms with E-state index in [9.17, 15) is 28.8 Å². The Hall–Kier alpha value is -3.95. The Morgan fingerprint density at radius 3 is 1.82 bits per heavy atom. The summed E-state index contributed by atoms with van der Waals surface area (Å²) in [6.45, 7) is -0.574. The van der Waals surface area contributed by atoms with E-state index in [1.165, 1.54) is 0 Å². The molecule has 0 saturated heterocycles. The predicted octanol–water partition coefficient (Wildman–Crippen LogP) is -4.93. The van der Waals surface area contributed by atoms with Gasteiger partial charge in [0.15, 0.2) is 5.96 Å². The van der Waals surface area contributed by atoms with E-state index in [0.29, 0.717) is 0 Å². The van der Waals surface area contributed by atoms with Crippen LogP contribution in [0.15, 0.2) is 4.99 Å². The third-order valence-corrected chi connectivity index (χ3v) is 4.34. The highest BCUT2D eigenvalue weighted by Gasteiger charge is 2.28. The minimum absolute atomic E-state index is 0.0379. The van der Waals surface area contributed by atoms with Gasteiger partial charge in [-0.3, -0.25) is 33.8 Å². The van der Waals surface area contributed by atoms with Gasteiger partial charge in [-0.1, -0.05) is 0 Å². The molecule has 0 aliphatic rings. The highest BCUT2D eigenvalue weighted by molar-refractivity contribution is 5.94. The Morgan fingerprint density at radius 2 is 1.29 bits per heavy atom. The molecular formula is C18H33N9O7. The van der Waals surface area contributed by atoms with Crippen LogP contribution in [0.4, 0.5) is 0 Å². The molecule has 0 bridgehead atoms. The van der Waals surface area contributed by atoms with Crippen molar-refractivity contribution in [1.82, 2.24) is 16.0 Å². The van der Waals surface area contributed by atoms with E-state index < -0.39 is 60.2 Å². The molecule has 0 aromatic carbocycles. The number of amides is 5. The predicted molar refractivity (Wildman–Crippen MR) is 119 cm³/mol. The molecule has 0 rings (SSSR count). The van der Waals surface area contributed by atoms with Crippen molar-refractivity contribution in [3.05, 3.63) is 0 Å². The first-order chi connectivity index (χ1) is 15.8. The van der Waals surface area contributed by atoms with Crippen LogP contribution in [0.5, 0.6) is 0 Å². The summed E-state index contributed by atoms with van der Waals surface area (Å²) in [4.78, 5) is 74.0. The van der Waals surface area contributed by atoms with Gasteiger partial charge in [0.2, 0.25) is 29.5 Å². The van der Waals surface area contributed by atoms with E-state index in [0.717, 1.165) is 0 Å². The third-order valence-electron chi connectivity index (χ3n) is 4.34. The summed E-state index contributed by atoms with van der Waals surface area (Å²) >= 11 is 0. The first-order valence-corrected chi connectivity index (χ1v) is 10.3.